The van der Waals surface area contributed by atoms with Gasteiger partial charge in [-0.25, -0.2) is 0 Å². The molecule has 0 aromatic heterocycles. The molecule has 0 radical (unpaired) electrons. The van der Waals surface area contributed by atoms with E-state index in [9.17, 15) is 4.79 Å². The number of carbonyl (C=O) groups is 1. The highest BCUT2D eigenvalue weighted by Gasteiger charge is 2.21. The fourth-order valence-corrected chi connectivity index (χ4v) is 6.74. The molecule has 0 aliphatic carbocycles. The van der Waals surface area contributed by atoms with E-state index in [1.807, 2.05) is 21.6 Å². The number of rotatable bonds is 8. The van der Waals surface area contributed by atoms with Crippen LogP contribution >= 0.6 is 21.6 Å². The average Bonchev–Trinajstić information content (AvgIpc) is 3.16. The minimum absolute atomic E-state index is 0.260. The van der Waals surface area contributed by atoms with Crippen LogP contribution in [0.2, 0.25) is 0 Å². The van der Waals surface area contributed by atoms with Crippen LogP contribution < -0.4 is 5.32 Å². The van der Waals surface area contributed by atoms with E-state index in [0.717, 1.165) is 44.1 Å². The number of piperidine rings is 1. The molecule has 26 heavy (non-hydrogen) atoms. The van der Waals surface area contributed by atoms with Gasteiger partial charge in [0.25, 0.3) is 0 Å². The van der Waals surface area contributed by atoms with Crippen LogP contribution in [-0.2, 0) is 11.3 Å². The topological polar surface area (TPSA) is 32.3 Å². The molecule has 0 bridgehead atoms. The molecular formula is C21H32N2OS2. The Labute approximate surface area is 166 Å². The van der Waals surface area contributed by atoms with Crippen LogP contribution in [0.4, 0.5) is 0 Å². The molecule has 0 spiro atoms. The minimum atomic E-state index is 0.260. The van der Waals surface area contributed by atoms with Crippen molar-refractivity contribution in [2.45, 2.75) is 69.7 Å². The third-order valence-corrected chi connectivity index (χ3v) is 8.39. The molecule has 0 saturated carbocycles. The van der Waals surface area contributed by atoms with Crippen LogP contribution in [0.1, 0.15) is 56.1 Å². The number of amides is 1. The van der Waals surface area contributed by atoms with Crippen LogP contribution in [0, 0.1) is 6.92 Å². The fourth-order valence-electron chi connectivity index (χ4n) is 3.71. The van der Waals surface area contributed by atoms with Gasteiger partial charge < -0.3 is 5.32 Å². The number of hydrogen-bond donors (Lipinski definition) is 1. The van der Waals surface area contributed by atoms with Crippen molar-refractivity contribution in [1.29, 1.82) is 0 Å². The molecule has 1 aromatic rings. The minimum Gasteiger partial charge on any atom is -0.353 e. The van der Waals surface area contributed by atoms with Crippen molar-refractivity contribution in [3.8, 4) is 0 Å². The number of benzene rings is 1. The standard InChI is InChI=1S/C21H32N2OS2/c1-17-6-8-18(9-7-17)16-23-13-10-19(11-14-23)22-21(24)5-3-2-4-20-12-15-25-26-20/h6-9,19-20H,2-5,10-16H2,1H3,(H,22,24). The lowest BCUT2D eigenvalue weighted by Crippen LogP contribution is -2.44. The Morgan fingerprint density at radius 1 is 1.15 bits per heavy atom. The summed E-state index contributed by atoms with van der Waals surface area (Å²) in [6.07, 6.45) is 7.72. The highest BCUT2D eigenvalue weighted by atomic mass is 33.1. The van der Waals surface area contributed by atoms with Crippen LogP contribution in [0.15, 0.2) is 24.3 Å². The Morgan fingerprint density at radius 3 is 2.62 bits per heavy atom. The Kier molecular flexibility index (Phi) is 8.21. The van der Waals surface area contributed by atoms with Crippen molar-refractivity contribution in [3.05, 3.63) is 35.4 Å². The first kappa shape index (κ1) is 20.1. The lowest BCUT2D eigenvalue weighted by atomic mass is 10.0. The molecule has 1 unspecified atom stereocenters. The second-order valence-corrected chi connectivity index (χ2v) is 10.5. The van der Waals surface area contributed by atoms with Gasteiger partial charge in [-0.3, -0.25) is 9.69 Å². The SMILES string of the molecule is Cc1ccc(CN2CCC(NC(=O)CCCCC3CCSS3)CC2)cc1. The number of hydrogen-bond acceptors (Lipinski definition) is 4. The Hall–Kier alpha value is -0.650. The first-order chi connectivity index (χ1) is 12.7. The zero-order chi connectivity index (χ0) is 18.2. The van der Waals surface area contributed by atoms with E-state index < -0.39 is 0 Å². The summed E-state index contributed by atoms with van der Waals surface area (Å²) in [5.74, 6) is 1.56. The largest absolute Gasteiger partial charge is 0.353 e. The number of aryl methyl sites for hydroxylation is 1. The van der Waals surface area contributed by atoms with Gasteiger partial charge in [0.15, 0.2) is 0 Å². The normalized spacial score (nSPS) is 21.8. The third-order valence-electron chi connectivity index (χ3n) is 5.39. The van der Waals surface area contributed by atoms with Crippen molar-refractivity contribution in [2.24, 2.45) is 0 Å². The summed E-state index contributed by atoms with van der Waals surface area (Å²) >= 11 is 0. The third kappa shape index (κ3) is 6.82. The van der Waals surface area contributed by atoms with Gasteiger partial charge >= 0.3 is 0 Å². The Bertz CT molecular complexity index is 550. The molecule has 2 aliphatic rings. The molecule has 144 valence electrons. The molecule has 3 nitrogen and oxygen atoms in total. The highest BCUT2D eigenvalue weighted by Crippen LogP contribution is 2.39. The van der Waals surface area contributed by atoms with Crippen molar-refractivity contribution in [1.82, 2.24) is 10.2 Å². The molecule has 5 heteroatoms. The van der Waals surface area contributed by atoms with Crippen LogP contribution in [0.3, 0.4) is 0 Å². The molecule has 2 heterocycles. The van der Waals surface area contributed by atoms with Crippen molar-refractivity contribution in [3.63, 3.8) is 0 Å². The molecule has 2 fully saturated rings. The Balaban J connectivity index is 1.27. The molecule has 1 atom stereocenters. The second-order valence-electron chi connectivity index (χ2n) is 7.68. The Morgan fingerprint density at radius 2 is 1.92 bits per heavy atom. The summed E-state index contributed by atoms with van der Waals surface area (Å²) in [6, 6.07) is 9.20. The van der Waals surface area contributed by atoms with Gasteiger partial charge in [0.05, 0.1) is 0 Å². The summed E-state index contributed by atoms with van der Waals surface area (Å²) in [4.78, 5) is 14.7. The van der Waals surface area contributed by atoms with Crippen LogP contribution in [-0.4, -0.2) is 40.9 Å². The van der Waals surface area contributed by atoms with E-state index >= 15 is 0 Å². The lowest BCUT2D eigenvalue weighted by molar-refractivity contribution is -0.122. The molecule has 1 amide bonds. The summed E-state index contributed by atoms with van der Waals surface area (Å²) in [7, 11) is 4.05. The zero-order valence-electron chi connectivity index (χ0n) is 15.9. The second kappa shape index (κ2) is 10.6. The van der Waals surface area contributed by atoms with Gasteiger partial charge in [-0.1, -0.05) is 57.8 Å². The van der Waals surface area contributed by atoms with E-state index in [0.29, 0.717) is 12.5 Å². The molecule has 2 saturated heterocycles. The number of unbranched alkanes of at least 4 members (excludes halogenated alkanes) is 1. The monoisotopic (exact) mass is 392 g/mol. The summed E-state index contributed by atoms with van der Waals surface area (Å²) < 4.78 is 0. The molecule has 2 aliphatic heterocycles. The molecular weight excluding hydrogens is 360 g/mol. The predicted molar refractivity (Wildman–Crippen MR) is 115 cm³/mol. The summed E-state index contributed by atoms with van der Waals surface area (Å²) in [5.41, 5.74) is 2.70. The first-order valence-corrected chi connectivity index (χ1v) is 12.4. The van der Waals surface area contributed by atoms with Crippen molar-refractivity contribution in [2.75, 3.05) is 18.8 Å². The van der Waals surface area contributed by atoms with Gasteiger partial charge in [0.1, 0.15) is 0 Å². The molecule has 1 aromatic carbocycles. The summed E-state index contributed by atoms with van der Waals surface area (Å²) in [5, 5.41) is 4.10. The van der Waals surface area contributed by atoms with Crippen molar-refractivity contribution >= 4 is 27.5 Å². The van der Waals surface area contributed by atoms with E-state index in [1.165, 1.54) is 36.1 Å². The lowest BCUT2D eigenvalue weighted by Gasteiger charge is -2.32. The smallest absolute Gasteiger partial charge is 0.220 e. The van der Waals surface area contributed by atoms with Gasteiger partial charge in [-0.2, -0.15) is 0 Å². The maximum absolute atomic E-state index is 12.2. The zero-order valence-corrected chi connectivity index (χ0v) is 17.5. The fraction of sp³-hybridized carbons (Fsp3) is 0.667. The summed E-state index contributed by atoms with van der Waals surface area (Å²) in [6.45, 7) is 5.31. The quantitative estimate of drug-likeness (QED) is 0.509. The van der Waals surface area contributed by atoms with E-state index in [-0.39, 0.29) is 5.91 Å². The molecule has 3 rings (SSSR count). The molecule has 1 N–H and O–H groups in total. The van der Waals surface area contributed by atoms with Gasteiger partial charge in [0.2, 0.25) is 5.91 Å². The number of nitrogens with zero attached hydrogens (tertiary/aromatic N) is 1. The van der Waals surface area contributed by atoms with Crippen LogP contribution in [0.5, 0.6) is 0 Å². The van der Waals surface area contributed by atoms with Crippen LogP contribution in [0.25, 0.3) is 0 Å². The van der Waals surface area contributed by atoms with E-state index in [1.54, 1.807) is 0 Å². The van der Waals surface area contributed by atoms with E-state index in [2.05, 4.69) is 41.4 Å². The maximum Gasteiger partial charge on any atom is 0.220 e. The average molecular weight is 393 g/mol. The first-order valence-electron chi connectivity index (χ1n) is 10.0. The van der Waals surface area contributed by atoms with Gasteiger partial charge in [-0.15, -0.1) is 0 Å². The number of nitrogens with one attached hydrogen (secondary N) is 1. The van der Waals surface area contributed by atoms with E-state index in [4.69, 9.17) is 0 Å². The van der Waals surface area contributed by atoms with Gasteiger partial charge in [-0.05, 0) is 44.6 Å². The van der Waals surface area contributed by atoms with Crippen molar-refractivity contribution < 1.29 is 4.79 Å². The number of likely N-dealkylation sites (tertiary alicyclic amines) is 1. The number of carbonyl (C=O) groups excluding carboxylic acids is 1. The van der Waals surface area contributed by atoms with Gasteiger partial charge in [0, 0.05) is 43.1 Å². The predicted octanol–water partition coefficient (Wildman–Crippen LogP) is 4.79. The highest BCUT2D eigenvalue weighted by molar-refractivity contribution is 8.77. The maximum atomic E-state index is 12.2.